The molecular weight excluding hydrogens is 346 g/mol. The fourth-order valence-corrected chi connectivity index (χ4v) is 3.00. The van der Waals surface area contributed by atoms with Crippen molar-refractivity contribution in [1.29, 1.82) is 0 Å². The Morgan fingerprint density at radius 3 is 2.76 bits per heavy atom. The van der Waals surface area contributed by atoms with Crippen molar-refractivity contribution in [3.05, 3.63) is 52.8 Å². The minimum absolute atomic E-state index is 0.130. The largest absolute Gasteiger partial charge is 0.396 e. The van der Waals surface area contributed by atoms with E-state index >= 15 is 0 Å². The van der Waals surface area contributed by atoms with E-state index in [9.17, 15) is 19.8 Å². The van der Waals surface area contributed by atoms with Gasteiger partial charge in [0.2, 0.25) is 5.78 Å². The Morgan fingerprint density at radius 2 is 2.12 bits per heavy atom. The molecule has 25 heavy (non-hydrogen) atoms. The summed E-state index contributed by atoms with van der Waals surface area (Å²) in [5.41, 5.74) is 0.979. The van der Waals surface area contributed by atoms with E-state index in [0.29, 0.717) is 16.4 Å². The number of anilines is 1. The smallest absolute Gasteiger partial charge is 0.321 e. The minimum Gasteiger partial charge on any atom is -0.396 e. The number of nitrogens with one attached hydrogen (secondary N) is 2. The van der Waals surface area contributed by atoms with Crippen LogP contribution in [-0.4, -0.2) is 57.7 Å². The topological polar surface area (TPSA) is 106 Å². The maximum Gasteiger partial charge on any atom is 0.321 e. The molecule has 3 rings (SSSR count). The van der Waals surface area contributed by atoms with Gasteiger partial charge in [0.05, 0.1) is 24.1 Å². The van der Waals surface area contributed by atoms with Crippen LogP contribution in [0.5, 0.6) is 0 Å². The summed E-state index contributed by atoms with van der Waals surface area (Å²) in [6.07, 6.45) is 0.873. The number of β-amino-alcohol motifs (C(OH)–C–C–N with tert-alkyl or cyclic N) is 1. The number of urea groups is 1. The molecule has 0 saturated carbocycles. The molecule has 1 fully saturated rings. The Bertz CT molecular complexity index is 778. The number of ketones is 1. The summed E-state index contributed by atoms with van der Waals surface area (Å²) in [5.74, 6) is -0.659. The maximum atomic E-state index is 12.6. The predicted molar refractivity (Wildman–Crippen MR) is 92.9 cm³/mol. The molecule has 1 aliphatic rings. The summed E-state index contributed by atoms with van der Waals surface area (Å²) >= 11 is 6.00. The molecule has 2 amide bonds. The van der Waals surface area contributed by atoms with Crippen LogP contribution in [-0.2, 0) is 0 Å². The number of benzene rings is 1. The molecule has 0 radical (unpaired) electrons. The first kappa shape index (κ1) is 17.5. The van der Waals surface area contributed by atoms with E-state index in [1.807, 2.05) is 0 Å². The first-order valence-electron chi connectivity index (χ1n) is 7.82. The van der Waals surface area contributed by atoms with Crippen molar-refractivity contribution in [2.45, 2.75) is 6.10 Å². The number of rotatable bonds is 4. The van der Waals surface area contributed by atoms with Crippen molar-refractivity contribution in [2.24, 2.45) is 5.92 Å². The number of hydrogen-bond donors (Lipinski definition) is 4. The van der Waals surface area contributed by atoms with E-state index < -0.39 is 12.1 Å². The molecule has 1 saturated heterocycles. The number of amides is 2. The quantitative estimate of drug-likeness (QED) is 0.620. The number of carbonyl (C=O) groups is 2. The highest BCUT2D eigenvalue weighted by molar-refractivity contribution is 6.31. The second kappa shape index (κ2) is 7.26. The van der Waals surface area contributed by atoms with Crippen LogP contribution in [0.2, 0.25) is 5.02 Å². The number of aliphatic hydroxyl groups is 2. The number of carbonyl (C=O) groups excluding carboxylic acids is 2. The van der Waals surface area contributed by atoms with Gasteiger partial charge in [-0.15, -0.1) is 0 Å². The Kier molecular flexibility index (Phi) is 5.08. The molecule has 4 N–H and O–H groups in total. The average Bonchev–Trinajstić information content (AvgIpc) is 3.25. The molecule has 0 spiro atoms. The third kappa shape index (κ3) is 3.68. The highest BCUT2D eigenvalue weighted by Gasteiger charge is 2.33. The van der Waals surface area contributed by atoms with Crippen molar-refractivity contribution in [2.75, 3.05) is 25.0 Å². The van der Waals surface area contributed by atoms with Crippen LogP contribution in [0.25, 0.3) is 0 Å². The molecule has 2 unspecified atom stereocenters. The van der Waals surface area contributed by atoms with Gasteiger partial charge in [-0.05, 0) is 30.3 Å². The number of aromatic nitrogens is 1. The Hall–Kier alpha value is -2.35. The van der Waals surface area contributed by atoms with Gasteiger partial charge in [-0.25, -0.2) is 4.79 Å². The molecule has 1 aromatic heterocycles. The number of halogens is 1. The summed E-state index contributed by atoms with van der Waals surface area (Å²) < 4.78 is 0. The molecule has 1 aliphatic heterocycles. The van der Waals surface area contributed by atoms with E-state index in [0.717, 1.165) is 0 Å². The number of nitrogens with zero attached hydrogens (tertiary/aromatic N) is 1. The van der Waals surface area contributed by atoms with Gasteiger partial charge in [-0.2, -0.15) is 0 Å². The highest BCUT2D eigenvalue weighted by atomic mass is 35.5. The molecule has 2 heterocycles. The van der Waals surface area contributed by atoms with Crippen LogP contribution in [0.1, 0.15) is 16.1 Å². The SMILES string of the molecule is O=C(c1ccc[nH]1)c1cc(Cl)ccc1NC(=O)N1CC(O)C(CO)C1. The first-order chi connectivity index (χ1) is 12.0. The summed E-state index contributed by atoms with van der Waals surface area (Å²) in [5, 5.41) is 22.1. The molecule has 2 aromatic rings. The van der Waals surface area contributed by atoms with Crippen LogP contribution in [0.15, 0.2) is 36.5 Å². The Labute approximate surface area is 149 Å². The number of hydrogen-bond acceptors (Lipinski definition) is 4. The monoisotopic (exact) mass is 363 g/mol. The van der Waals surface area contributed by atoms with Crippen molar-refractivity contribution in [3.63, 3.8) is 0 Å². The fraction of sp³-hybridized carbons (Fsp3) is 0.294. The minimum atomic E-state index is -0.763. The lowest BCUT2D eigenvalue weighted by Gasteiger charge is -2.18. The van der Waals surface area contributed by atoms with E-state index in [1.165, 1.54) is 11.0 Å². The van der Waals surface area contributed by atoms with Crippen LogP contribution in [0.4, 0.5) is 10.5 Å². The maximum absolute atomic E-state index is 12.6. The van der Waals surface area contributed by atoms with Crippen molar-refractivity contribution in [3.8, 4) is 0 Å². The molecule has 2 atom stereocenters. The lowest BCUT2D eigenvalue weighted by atomic mass is 10.1. The van der Waals surface area contributed by atoms with E-state index in [-0.39, 0.29) is 37.0 Å². The van der Waals surface area contributed by atoms with Crippen LogP contribution in [0, 0.1) is 5.92 Å². The second-order valence-electron chi connectivity index (χ2n) is 5.95. The zero-order valence-corrected chi connectivity index (χ0v) is 14.0. The molecular formula is C17H18ClN3O4. The van der Waals surface area contributed by atoms with E-state index in [1.54, 1.807) is 30.5 Å². The lowest BCUT2D eigenvalue weighted by molar-refractivity contribution is 0.103. The zero-order valence-electron chi connectivity index (χ0n) is 13.3. The molecule has 7 nitrogen and oxygen atoms in total. The standard InChI is InChI=1S/C17H18ClN3O4/c18-11-3-4-13(12(6-11)16(24)14-2-1-5-19-14)20-17(25)21-7-10(9-22)15(23)8-21/h1-6,10,15,19,22-23H,7-9H2,(H,20,25). The zero-order chi connectivity index (χ0) is 18.0. The molecule has 132 valence electrons. The number of H-pyrrole nitrogens is 1. The van der Waals surface area contributed by atoms with Crippen LogP contribution in [0.3, 0.4) is 0 Å². The molecule has 0 aliphatic carbocycles. The van der Waals surface area contributed by atoms with Crippen LogP contribution >= 0.6 is 11.6 Å². The van der Waals surface area contributed by atoms with E-state index in [4.69, 9.17) is 11.6 Å². The molecule has 8 heteroatoms. The average molecular weight is 364 g/mol. The lowest BCUT2D eigenvalue weighted by Crippen LogP contribution is -2.34. The van der Waals surface area contributed by atoms with Crippen molar-refractivity contribution < 1.29 is 19.8 Å². The van der Waals surface area contributed by atoms with Gasteiger partial charge in [-0.3, -0.25) is 4.79 Å². The van der Waals surface area contributed by atoms with Gasteiger partial charge in [0.15, 0.2) is 0 Å². The number of aliphatic hydroxyl groups excluding tert-OH is 2. The second-order valence-corrected chi connectivity index (χ2v) is 6.38. The van der Waals surface area contributed by atoms with Gasteiger partial charge in [0.25, 0.3) is 0 Å². The van der Waals surface area contributed by atoms with Crippen molar-refractivity contribution >= 4 is 29.1 Å². The number of aromatic amines is 1. The van der Waals surface area contributed by atoms with Gasteiger partial charge < -0.3 is 25.4 Å². The van der Waals surface area contributed by atoms with Gasteiger partial charge in [0.1, 0.15) is 0 Å². The normalized spacial score (nSPS) is 19.9. The first-order valence-corrected chi connectivity index (χ1v) is 8.20. The summed E-state index contributed by atoms with van der Waals surface area (Å²) in [7, 11) is 0. The van der Waals surface area contributed by atoms with Gasteiger partial charge in [-0.1, -0.05) is 11.6 Å². The van der Waals surface area contributed by atoms with Gasteiger partial charge >= 0.3 is 6.03 Å². The van der Waals surface area contributed by atoms with Crippen molar-refractivity contribution in [1.82, 2.24) is 9.88 Å². The number of likely N-dealkylation sites (tertiary alicyclic amines) is 1. The van der Waals surface area contributed by atoms with Gasteiger partial charge in [0, 0.05) is 35.8 Å². The molecule has 1 aromatic carbocycles. The highest BCUT2D eigenvalue weighted by Crippen LogP contribution is 2.25. The summed E-state index contributed by atoms with van der Waals surface area (Å²) in [6.45, 7) is 0.185. The summed E-state index contributed by atoms with van der Waals surface area (Å²) in [4.78, 5) is 29.3. The van der Waals surface area contributed by atoms with Crippen LogP contribution < -0.4 is 5.32 Å². The summed E-state index contributed by atoms with van der Waals surface area (Å²) in [6, 6.07) is 7.53. The predicted octanol–water partition coefficient (Wildman–Crippen LogP) is 1.72. The Morgan fingerprint density at radius 1 is 1.32 bits per heavy atom. The molecule has 0 bridgehead atoms. The third-order valence-corrected chi connectivity index (χ3v) is 4.47. The fourth-order valence-electron chi connectivity index (χ4n) is 2.82. The third-order valence-electron chi connectivity index (χ3n) is 4.24. The van der Waals surface area contributed by atoms with E-state index in [2.05, 4.69) is 10.3 Å². The Balaban J connectivity index is 1.81.